The molecule has 1 aliphatic heterocycles. The van der Waals surface area contributed by atoms with Gasteiger partial charge in [-0.15, -0.1) is 11.3 Å². The van der Waals surface area contributed by atoms with E-state index in [4.69, 9.17) is 5.73 Å². The maximum atomic E-state index is 13.7. The molecule has 2 aromatic rings. The smallest absolute Gasteiger partial charge is 0.263 e. The van der Waals surface area contributed by atoms with Crippen LogP contribution in [0.5, 0.6) is 0 Å². The van der Waals surface area contributed by atoms with Crippen LogP contribution in [0.2, 0.25) is 0 Å². The Morgan fingerprint density at radius 2 is 2.32 bits per heavy atom. The minimum atomic E-state index is -0.373. The lowest BCUT2D eigenvalue weighted by Gasteiger charge is -2.10. The lowest BCUT2D eigenvalue weighted by Crippen LogP contribution is -2.34. The number of halogens is 1. The van der Waals surface area contributed by atoms with Crippen molar-refractivity contribution in [3.63, 3.8) is 0 Å². The Balaban J connectivity index is 1.94. The Kier molecular flexibility index (Phi) is 3.36. The van der Waals surface area contributed by atoms with E-state index in [-0.39, 0.29) is 23.5 Å². The summed E-state index contributed by atoms with van der Waals surface area (Å²) in [5.41, 5.74) is 6.17. The van der Waals surface area contributed by atoms with E-state index in [2.05, 4.69) is 5.32 Å². The van der Waals surface area contributed by atoms with Crippen molar-refractivity contribution in [2.24, 2.45) is 0 Å². The number of rotatable bonds is 2. The predicted molar refractivity (Wildman–Crippen MR) is 79.4 cm³/mol. The number of hydrogen-bond acceptors (Lipinski definition) is 4. The number of anilines is 1. The highest BCUT2D eigenvalue weighted by molar-refractivity contribution is 7.99. The van der Waals surface area contributed by atoms with Gasteiger partial charge in [0.05, 0.1) is 11.1 Å². The first-order chi connectivity index (χ1) is 9.16. The van der Waals surface area contributed by atoms with Crippen molar-refractivity contribution in [3.05, 3.63) is 28.9 Å². The molecule has 3 N–H and O–H groups in total. The second kappa shape index (κ2) is 5.02. The second-order valence-corrected chi connectivity index (χ2v) is 6.69. The normalized spacial score (nSPS) is 18.9. The second-order valence-electron chi connectivity index (χ2n) is 4.49. The van der Waals surface area contributed by atoms with Crippen molar-refractivity contribution < 1.29 is 9.18 Å². The van der Waals surface area contributed by atoms with E-state index in [0.717, 1.165) is 17.9 Å². The molecular weight excluding hydrogens is 283 g/mol. The number of nitrogens with one attached hydrogen (secondary N) is 1. The van der Waals surface area contributed by atoms with E-state index in [1.807, 2.05) is 11.8 Å². The summed E-state index contributed by atoms with van der Waals surface area (Å²) in [7, 11) is 0. The standard InChI is InChI=1S/C13H13FN2OS2/c14-8-2-1-3-9-10(8)11(15)12(19-9)13(17)16-7-4-5-18-6-7/h1-3,7H,4-6,15H2,(H,16,17). The minimum Gasteiger partial charge on any atom is -0.397 e. The van der Waals surface area contributed by atoms with Crippen LogP contribution in [0.4, 0.5) is 10.1 Å². The highest BCUT2D eigenvalue weighted by atomic mass is 32.2. The molecule has 1 aromatic heterocycles. The van der Waals surface area contributed by atoms with Gasteiger partial charge in [-0.1, -0.05) is 6.07 Å². The quantitative estimate of drug-likeness (QED) is 0.896. The van der Waals surface area contributed by atoms with Gasteiger partial charge in [0.2, 0.25) is 0 Å². The topological polar surface area (TPSA) is 55.1 Å². The van der Waals surface area contributed by atoms with Gasteiger partial charge in [0.25, 0.3) is 5.91 Å². The van der Waals surface area contributed by atoms with Gasteiger partial charge >= 0.3 is 0 Å². The summed E-state index contributed by atoms with van der Waals surface area (Å²) in [4.78, 5) is 12.6. The van der Waals surface area contributed by atoms with Crippen LogP contribution in [0.1, 0.15) is 16.1 Å². The molecule has 100 valence electrons. The van der Waals surface area contributed by atoms with Gasteiger partial charge in [0.1, 0.15) is 10.7 Å². The first-order valence-corrected chi connectivity index (χ1v) is 7.99. The SMILES string of the molecule is Nc1c(C(=O)NC2CCSC2)sc2cccc(F)c12. The lowest BCUT2D eigenvalue weighted by atomic mass is 10.2. The first-order valence-electron chi connectivity index (χ1n) is 6.02. The third kappa shape index (κ3) is 2.30. The Bertz CT molecular complexity index is 635. The van der Waals surface area contributed by atoms with E-state index >= 15 is 0 Å². The van der Waals surface area contributed by atoms with Crippen molar-refractivity contribution in [2.45, 2.75) is 12.5 Å². The zero-order valence-electron chi connectivity index (χ0n) is 10.1. The molecular formula is C13H13FN2OS2. The molecule has 1 fully saturated rings. The number of carbonyl (C=O) groups is 1. The number of nitrogens with two attached hydrogens (primary N) is 1. The minimum absolute atomic E-state index is 0.189. The number of thiophene rings is 1. The fraction of sp³-hybridized carbons (Fsp3) is 0.308. The van der Waals surface area contributed by atoms with Crippen LogP contribution < -0.4 is 11.1 Å². The van der Waals surface area contributed by atoms with E-state index < -0.39 is 0 Å². The van der Waals surface area contributed by atoms with Crippen LogP contribution in [-0.4, -0.2) is 23.5 Å². The van der Waals surface area contributed by atoms with Crippen LogP contribution in [0.3, 0.4) is 0 Å². The van der Waals surface area contributed by atoms with Gasteiger partial charge in [-0.05, 0) is 24.3 Å². The Hall–Kier alpha value is -1.27. The van der Waals surface area contributed by atoms with Crippen LogP contribution in [0.15, 0.2) is 18.2 Å². The van der Waals surface area contributed by atoms with Gasteiger partial charge in [0.15, 0.2) is 0 Å². The Morgan fingerprint density at radius 1 is 1.47 bits per heavy atom. The van der Waals surface area contributed by atoms with Crippen LogP contribution in [-0.2, 0) is 0 Å². The summed E-state index contributed by atoms with van der Waals surface area (Å²) in [6.07, 6.45) is 0.982. The largest absolute Gasteiger partial charge is 0.397 e. The molecule has 0 aliphatic carbocycles. The summed E-state index contributed by atoms with van der Waals surface area (Å²) in [5.74, 6) is 1.44. The van der Waals surface area contributed by atoms with Crippen LogP contribution >= 0.6 is 23.1 Å². The summed E-state index contributed by atoms with van der Waals surface area (Å²) in [5, 5.41) is 3.32. The molecule has 1 aromatic carbocycles. The zero-order valence-corrected chi connectivity index (χ0v) is 11.7. The summed E-state index contributed by atoms with van der Waals surface area (Å²) in [6, 6.07) is 4.97. The Labute approximate surface area is 118 Å². The summed E-state index contributed by atoms with van der Waals surface area (Å²) >= 11 is 3.07. The van der Waals surface area contributed by atoms with Crippen molar-refractivity contribution in [1.82, 2.24) is 5.32 Å². The molecule has 19 heavy (non-hydrogen) atoms. The molecule has 0 spiro atoms. The van der Waals surface area contributed by atoms with Gasteiger partial charge in [-0.25, -0.2) is 4.39 Å². The van der Waals surface area contributed by atoms with Crippen LogP contribution in [0.25, 0.3) is 10.1 Å². The van der Waals surface area contributed by atoms with E-state index in [1.54, 1.807) is 12.1 Å². The van der Waals surface area contributed by atoms with E-state index in [9.17, 15) is 9.18 Å². The maximum Gasteiger partial charge on any atom is 0.263 e. The molecule has 3 nitrogen and oxygen atoms in total. The number of amides is 1. The molecule has 0 radical (unpaired) electrons. The van der Waals surface area contributed by atoms with Gasteiger partial charge in [0, 0.05) is 16.5 Å². The average Bonchev–Trinajstić information content (AvgIpc) is 2.98. The number of thioether (sulfide) groups is 1. The molecule has 1 atom stereocenters. The number of carbonyl (C=O) groups excluding carboxylic acids is 1. The van der Waals surface area contributed by atoms with Crippen molar-refractivity contribution >= 4 is 44.8 Å². The monoisotopic (exact) mass is 296 g/mol. The number of nitrogen functional groups attached to an aromatic ring is 1. The van der Waals surface area contributed by atoms with Crippen LogP contribution in [0, 0.1) is 5.82 Å². The van der Waals surface area contributed by atoms with Gasteiger partial charge < -0.3 is 11.1 Å². The van der Waals surface area contributed by atoms with E-state index in [1.165, 1.54) is 17.4 Å². The van der Waals surface area contributed by atoms with Crippen molar-refractivity contribution in [1.29, 1.82) is 0 Å². The molecule has 1 aliphatic rings. The molecule has 1 saturated heterocycles. The average molecular weight is 296 g/mol. The molecule has 3 rings (SSSR count). The Morgan fingerprint density at radius 3 is 3.00 bits per heavy atom. The molecule has 2 heterocycles. The van der Waals surface area contributed by atoms with Crippen molar-refractivity contribution in [3.8, 4) is 0 Å². The fourth-order valence-electron chi connectivity index (χ4n) is 2.20. The first kappa shape index (κ1) is 12.7. The third-order valence-electron chi connectivity index (χ3n) is 3.17. The number of benzene rings is 1. The fourth-order valence-corrected chi connectivity index (χ4v) is 4.39. The van der Waals surface area contributed by atoms with Gasteiger partial charge in [-0.3, -0.25) is 4.79 Å². The molecule has 1 unspecified atom stereocenters. The maximum absolute atomic E-state index is 13.7. The van der Waals surface area contributed by atoms with E-state index in [0.29, 0.717) is 15.0 Å². The highest BCUT2D eigenvalue weighted by Gasteiger charge is 2.22. The summed E-state index contributed by atoms with van der Waals surface area (Å²) < 4.78 is 14.4. The van der Waals surface area contributed by atoms with Crippen molar-refractivity contribution in [2.75, 3.05) is 17.2 Å². The molecule has 1 amide bonds. The zero-order chi connectivity index (χ0) is 13.4. The molecule has 0 saturated carbocycles. The molecule has 0 bridgehead atoms. The predicted octanol–water partition coefficient (Wildman–Crippen LogP) is 2.86. The number of fused-ring (bicyclic) bond motifs is 1. The highest BCUT2D eigenvalue weighted by Crippen LogP contribution is 2.35. The third-order valence-corrected chi connectivity index (χ3v) is 5.50. The molecule has 6 heteroatoms. The lowest BCUT2D eigenvalue weighted by molar-refractivity contribution is 0.0946. The summed E-state index contributed by atoms with van der Waals surface area (Å²) in [6.45, 7) is 0. The number of hydrogen-bond donors (Lipinski definition) is 2. The van der Waals surface area contributed by atoms with Gasteiger partial charge in [-0.2, -0.15) is 11.8 Å².